The predicted molar refractivity (Wildman–Crippen MR) is 112 cm³/mol. The first kappa shape index (κ1) is 20.3. The highest BCUT2D eigenvalue weighted by molar-refractivity contribution is 5.94. The Bertz CT molecular complexity index is 1050. The van der Waals surface area contributed by atoms with Gasteiger partial charge in [0, 0.05) is 30.8 Å². The smallest absolute Gasteiger partial charge is 0.272 e. The van der Waals surface area contributed by atoms with E-state index in [0.29, 0.717) is 30.0 Å². The number of hydrogen-bond donors (Lipinski definition) is 0. The Morgan fingerprint density at radius 2 is 1.72 bits per heavy atom. The van der Waals surface area contributed by atoms with Gasteiger partial charge in [-0.25, -0.2) is 4.68 Å². The number of nitrogens with zero attached hydrogens (tertiary/aromatic N) is 4. The minimum absolute atomic E-state index is 0.0157. The van der Waals surface area contributed by atoms with E-state index in [2.05, 4.69) is 5.10 Å². The van der Waals surface area contributed by atoms with Crippen LogP contribution in [0, 0.1) is 24.0 Å². The number of rotatable bonds is 6. The Morgan fingerprint density at radius 3 is 2.28 bits per heavy atom. The van der Waals surface area contributed by atoms with Gasteiger partial charge in [-0.05, 0) is 57.5 Å². The van der Waals surface area contributed by atoms with E-state index in [1.54, 1.807) is 27.8 Å². The molecule has 7 nitrogen and oxygen atoms in total. The van der Waals surface area contributed by atoms with Crippen molar-refractivity contribution in [2.45, 2.75) is 27.7 Å². The molecule has 0 spiro atoms. The van der Waals surface area contributed by atoms with Crippen molar-refractivity contribution in [1.82, 2.24) is 14.7 Å². The van der Waals surface area contributed by atoms with Gasteiger partial charge >= 0.3 is 0 Å². The second-order valence-electron chi connectivity index (χ2n) is 6.90. The molecule has 0 aliphatic rings. The van der Waals surface area contributed by atoms with Crippen molar-refractivity contribution in [3.05, 3.63) is 75.5 Å². The number of nitro benzene ring substituents is 1. The van der Waals surface area contributed by atoms with E-state index in [0.717, 1.165) is 16.8 Å². The number of hydrogen-bond acceptors (Lipinski definition) is 4. The lowest BCUT2D eigenvalue weighted by molar-refractivity contribution is -0.384. The van der Waals surface area contributed by atoms with Crippen molar-refractivity contribution in [3.63, 3.8) is 0 Å². The van der Waals surface area contributed by atoms with Gasteiger partial charge in [-0.3, -0.25) is 14.9 Å². The van der Waals surface area contributed by atoms with E-state index in [4.69, 9.17) is 0 Å². The molecule has 0 bridgehead atoms. The highest BCUT2D eigenvalue weighted by Crippen LogP contribution is 2.26. The zero-order valence-electron chi connectivity index (χ0n) is 17.0. The number of carbonyl (C=O) groups excluding carboxylic acids is 1. The van der Waals surface area contributed by atoms with Gasteiger partial charge in [-0.15, -0.1) is 0 Å². The van der Waals surface area contributed by atoms with Gasteiger partial charge in [0.05, 0.1) is 16.3 Å². The second kappa shape index (κ2) is 8.26. The predicted octanol–water partition coefficient (Wildman–Crippen LogP) is 4.55. The molecular weight excluding hydrogens is 368 g/mol. The van der Waals surface area contributed by atoms with Crippen LogP contribution in [0.3, 0.4) is 0 Å². The van der Waals surface area contributed by atoms with Crippen molar-refractivity contribution >= 4 is 11.6 Å². The van der Waals surface area contributed by atoms with Crippen LogP contribution in [-0.2, 0) is 0 Å². The number of aryl methyl sites for hydroxylation is 2. The van der Waals surface area contributed by atoms with Gasteiger partial charge in [0.25, 0.3) is 11.6 Å². The highest BCUT2D eigenvalue weighted by atomic mass is 16.6. The van der Waals surface area contributed by atoms with E-state index >= 15 is 0 Å². The Hall–Kier alpha value is -3.48. The molecule has 29 heavy (non-hydrogen) atoms. The lowest BCUT2D eigenvalue weighted by Gasteiger charge is -2.19. The van der Waals surface area contributed by atoms with Gasteiger partial charge in [-0.2, -0.15) is 5.10 Å². The van der Waals surface area contributed by atoms with Gasteiger partial charge in [0.2, 0.25) is 0 Å². The fourth-order valence-electron chi connectivity index (χ4n) is 3.33. The summed E-state index contributed by atoms with van der Waals surface area (Å²) in [6.07, 6.45) is 0. The Balaban J connectivity index is 2.15. The summed E-state index contributed by atoms with van der Waals surface area (Å²) in [5.41, 5.74) is 4.76. The normalized spacial score (nSPS) is 10.8. The van der Waals surface area contributed by atoms with Gasteiger partial charge in [0.15, 0.2) is 0 Å². The van der Waals surface area contributed by atoms with Gasteiger partial charge in [-0.1, -0.05) is 17.7 Å². The molecule has 1 heterocycles. The summed E-state index contributed by atoms with van der Waals surface area (Å²) in [5.74, 6) is -0.101. The zero-order chi connectivity index (χ0) is 21.1. The monoisotopic (exact) mass is 392 g/mol. The quantitative estimate of drug-likeness (QED) is 0.455. The van der Waals surface area contributed by atoms with Crippen LogP contribution in [0.5, 0.6) is 0 Å². The first-order valence-corrected chi connectivity index (χ1v) is 9.57. The summed E-state index contributed by atoms with van der Waals surface area (Å²) in [6, 6.07) is 13.9. The number of amides is 1. The molecule has 1 aromatic heterocycles. The fourth-order valence-corrected chi connectivity index (χ4v) is 3.33. The number of nitro groups is 1. The molecule has 2 aromatic carbocycles. The van der Waals surface area contributed by atoms with Crippen LogP contribution in [0.25, 0.3) is 16.9 Å². The standard InChI is InChI=1S/C22H24N4O3/c1-5-24(6-2)22(27)21-14-19(17-8-10-18(11-9-17)26(28)29)23-25(21)20-12-7-15(3)13-16(20)4/h7-14H,5-6H2,1-4H3. The summed E-state index contributed by atoms with van der Waals surface area (Å²) in [7, 11) is 0. The Labute approximate surface area is 169 Å². The molecule has 0 aliphatic heterocycles. The van der Waals surface area contributed by atoms with E-state index in [9.17, 15) is 14.9 Å². The molecule has 0 saturated carbocycles. The molecule has 3 aromatic rings. The van der Waals surface area contributed by atoms with Crippen LogP contribution >= 0.6 is 0 Å². The van der Waals surface area contributed by atoms with Crippen LogP contribution in [-0.4, -0.2) is 38.6 Å². The van der Waals surface area contributed by atoms with Crippen LogP contribution in [0.4, 0.5) is 5.69 Å². The topological polar surface area (TPSA) is 81.3 Å². The summed E-state index contributed by atoms with van der Waals surface area (Å²) in [5, 5.41) is 15.6. The minimum Gasteiger partial charge on any atom is -0.338 e. The number of benzene rings is 2. The number of aromatic nitrogens is 2. The third-order valence-electron chi connectivity index (χ3n) is 4.93. The molecule has 7 heteroatoms. The second-order valence-corrected chi connectivity index (χ2v) is 6.90. The molecular formula is C22H24N4O3. The first-order chi connectivity index (χ1) is 13.8. The summed E-state index contributed by atoms with van der Waals surface area (Å²) >= 11 is 0. The largest absolute Gasteiger partial charge is 0.338 e. The van der Waals surface area contributed by atoms with Crippen LogP contribution in [0.1, 0.15) is 35.5 Å². The highest BCUT2D eigenvalue weighted by Gasteiger charge is 2.22. The molecule has 0 N–H and O–H groups in total. The van der Waals surface area contributed by atoms with Crippen molar-refractivity contribution in [2.24, 2.45) is 0 Å². The average molecular weight is 392 g/mol. The van der Waals surface area contributed by atoms with E-state index in [1.807, 2.05) is 45.9 Å². The number of carbonyl (C=O) groups is 1. The molecule has 0 radical (unpaired) electrons. The van der Waals surface area contributed by atoms with E-state index in [1.165, 1.54) is 12.1 Å². The maximum absolute atomic E-state index is 13.1. The third kappa shape index (κ3) is 4.03. The van der Waals surface area contributed by atoms with Gasteiger partial charge < -0.3 is 4.90 Å². The molecule has 150 valence electrons. The zero-order valence-corrected chi connectivity index (χ0v) is 17.0. The molecule has 0 atom stereocenters. The first-order valence-electron chi connectivity index (χ1n) is 9.57. The van der Waals surface area contributed by atoms with Gasteiger partial charge in [0.1, 0.15) is 5.69 Å². The molecule has 0 saturated heterocycles. The molecule has 1 amide bonds. The molecule has 0 unspecified atom stereocenters. The third-order valence-corrected chi connectivity index (χ3v) is 4.93. The van der Waals surface area contributed by atoms with Crippen molar-refractivity contribution in [3.8, 4) is 16.9 Å². The summed E-state index contributed by atoms with van der Waals surface area (Å²) < 4.78 is 1.67. The lowest BCUT2D eigenvalue weighted by Crippen LogP contribution is -2.32. The lowest BCUT2D eigenvalue weighted by atomic mass is 10.1. The summed E-state index contributed by atoms with van der Waals surface area (Å²) in [6.45, 7) is 9.08. The van der Waals surface area contributed by atoms with Crippen LogP contribution in [0.2, 0.25) is 0 Å². The van der Waals surface area contributed by atoms with Crippen LogP contribution in [0.15, 0.2) is 48.5 Å². The van der Waals surface area contributed by atoms with Crippen molar-refractivity contribution in [2.75, 3.05) is 13.1 Å². The number of non-ortho nitro benzene ring substituents is 1. The Morgan fingerprint density at radius 1 is 1.07 bits per heavy atom. The molecule has 0 aliphatic carbocycles. The van der Waals surface area contributed by atoms with Crippen molar-refractivity contribution < 1.29 is 9.72 Å². The van der Waals surface area contributed by atoms with Crippen LogP contribution < -0.4 is 0 Å². The average Bonchev–Trinajstić information content (AvgIpc) is 3.14. The Kier molecular flexibility index (Phi) is 5.77. The van der Waals surface area contributed by atoms with Crippen molar-refractivity contribution in [1.29, 1.82) is 0 Å². The maximum atomic E-state index is 13.1. The summed E-state index contributed by atoms with van der Waals surface area (Å²) in [4.78, 5) is 25.4. The van der Waals surface area contributed by atoms with E-state index in [-0.39, 0.29) is 11.6 Å². The molecule has 0 fully saturated rings. The minimum atomic E-state index is -0.437. The van der Waals surface area contributed by atoms with E-state index < -0.39 is 4.92 Å². The molecule has 3 rings (SSSR count). The fraction of sp³-hybridized carbons (Fsp3) is 0.273. The SMILES string of the molecule is CCN(CC)C(=O)c1cc(-c2ccc([N+](=O)[O-])cc2)nn1-c1ccc(C)cc1C. The maximum Gasteiger partial charge on any atom is 0.272 e.